The standard InChI is InChI=1S/C13H18ClNS/c1-2-8-15-12-7-4-9-16-13-10(12)5-3-6-11(13)14/h3,5-6,12,15H,2,4,7-9H2,1H3. The van der Waals surface area contributed by atoms with Gasteiger partial charge in [-0.2, -0.15) is 0 Å². The molecule has 1 aliphatic heterocycles. The number of hydrogen-bond donors (Lipinski definition) is 1. The van der Waals surface area contributed by atoms with Crippen molar-refractivity contribution in [2.75, 3.05) is 12.3 Å². The Morgan fingerprint density at radius 1 is 1.50 bits per heavy atom. The van der Waals surface area contributed by atoms with Gasteiger partial charge in [-0.15, -0.1) is 11.8 Å². The van der Waals surface area contributed by atoms with Crippen LogP contribution in [0.1, 0.15) is 37.8 Å². The molecule has 0 aromatic heterocycles. The molecule has 1 aromatic rings. The lowest BCUT2D eigenvalue weighted by atomic mass is 10.0. The van der Waals surface area contributed by atoms with Crippen LogP contribution in [-0.4, -0.2) is 12.3 Å². The monoisotopic (exact) mass is 255 g/mol. The van der Waals surface area contributed by atoms with E-state index in [9.17, 15) is 0 Å². The number of thioether (sulfide) groups is 1. The van der Waals surface area contributed by atoms with E-state index in [1.807, 2.05) is 17.8 Å². The molecule has 1 aromatic carbocycles. The van der Waals surface area contributed by atoms with E-state index >= 15 is 0 Å². The maximum Gasteiger partial charge on any atom is 0.0545 e. The van der Waals surface area contributed by atoms with Gasteiger partial charge in [-0.25, -0.2) is 0 Å². The Labute approximate surface area is 107 Å². The number of nitrogens with one attached hydrogen (secondary N) is 1. The minimum Gasteiger partial charge on any atom is -0.310 e. The van der Waals surface area contributed by atoms with E-state index in [-0.39, 0.29) is 0 Å². The van der Waals surface area contributed by atoms with Crippen molar-refractivity contribution in [2.45, 2.75) is 37.1 Å². The van der Waals surface area contributed by atoms with Gasteiger partial charge in [-0.1, -0.05) is 30.7 Å². The zero-order valence-electron chi connectivity index (χ0n) is 9.63. The first-order chi connectivity index (χ1) is 7.83. The fourth-order valence-corrected chi connectivity index (χ4v) is 3.54. The Morgan fingerprint density at radius 3 is 3.19 bits per heavy atom. The summed E-state index contributed by atoms with van der Waals surface area (Å²) in [4.78, 5) is 1.29. The van der Waals surface area contributed by atoms with Crippen molar-refractivity contribution in [3.63, 3.8) is 0 Å². The lowest BCUT2D eigenvalue weighted by Crippen LogP contribution is -2.22. The normalized spacial score (nSPS) is 20.2. The molecular weight excluding hydrogens is 238 g/mol. The highest BCUT2D eigenvalue weighted by Gasteiger charge is 2.19. The highest BCUT2D eigenvalue weighted by Crippen LogP contribution is 2.38. The summed E-state index contributed by atoms with van der Waals surface area (Å²) in [6, 6.07) is 6.76. The van der Waals surface area contributed by atoms with Gasteiger partial charge in [0.05, 0.1) is 5.02 Å². The highest BCUT2D eigenvalue weighted by molar-refractivity contribution is 7.99. The summed E-state index contributed by atoms with van der Waals surface area (Å²) in [5.41, 5.74) is 1.39. The maximum atomic E-state index is 6.27. The second-order valence-corrected chi connectivity index (χ2v) is 5.67. The van der Waals surface area contributed by atoms with Crippen molar-refractivity contribution < 1.29 is 0 Å². The van der Waals surface area contributed by atoms with E-state index in [0.717, 1.165) is 11.6 Å². The van der Waals surface area contributed by atoms with Crippen LogP contribution in [0.15, 0.2) is 23.1 Å². The summed E-state index contributed by atoms with van der Waals surface area (Å²) in [6.07, 6.45) is 3.66. The van der Waals surface area contributed by atoms with E-state index in [4.69, 9.17) is 11.6 Å². The molecule has 0 saturated heterocycles. The summed E-state index contributed by atoms with van der Waals surface area (Å²) in [5, 5.41) is 4.53. The van der Waals surface area contributed by atoms with Crippen LogP contribution in [0.25, 0.3) is 0 Å². The number of benzene rings is 1. The van der Waals surface area contributed by atoms with Crippen LogP contribution in [0, 0.1) is 0 Å². The van der Waals surface area contributed by atoms with Crippen molar-refractivity contribution in [2.24, 2.45) is 0 Å². The van der Waals surface area contributed by atoms with Gasteiger partial charge in [0.2, 0.25) is 0 Å². The van der Waals surface area contributed by atoms with E-state index in [0.29, 0.717) is 6.04 Å². The molecule has 3 heteroatoms. The Balaban J connectivity index is 2.26. The maximum absolute atomic E-state index is 6.27. The third kappa shape index (κ3) is 2.73. The molecule has 2 rings (SSSR count). The molecular formula is C13H18ClNS. The van der Waals surface area contributed by atoms with Crippen molar-refractivity contribution in [3.05, 3.63) is 28.8 Å². The van der Waals surface area contributed by atoms with Crippen LogP contribution in [-0.2, 0) is 0 Å². The van der Waals surface area contributed by atoms with Crippen LogP contribution in [0.3, 0.4) is 0 Å². The lowest BCUT2D eigenvalue weighted by Gasteiger charge is -2.19. The van der Waals surface area contributed by atoms with Gasteiger partial charge in [-0.3, -0.25) is 0 Å². The molecule has 1 nitrogen and oxygen atoms in total. The smallest absolute Gasteiger partial charge is 0.0545 e. The first kappa shape index (κ1) is 12.3. The first-order valence-corrected chi connectivity index (χ1v) is 7.34. The van der Waals surface area contributed by atoms with Gasteiger partial charge in [0.1, 0.15) is 0 Å². The summed E-state index contributed by atoms with van der Waals surface area (Å²) >= 11 is 8.17. The quantitative estimate of drug-likeness (QED) is 0.866. The number of halogens is 1. The molecule has 1 unspecified atom stereocenters. The molecule has 1 N–H and O–H groups in total. The van der Waals surface area contributed by atoms with Gasteiger partial charge < -0.3 is 5.32 Å². The molecule has 0 bridgehead atoms. The molecule has 16 heavy (non-hydrogen) atoms. The molecule has 0 radical (unpaired) electrons. The van der Waals surface area contributed by atoms with Crippen LogP contribution in [0.2, 0.25) is 5.02 Å². The van der Waals surface area contributed by atoms with Crippen LogP contribution < -0.4 is 5.32 Å². The Hall–Kier alpha value is -0.180. The zero-order chi connectivity index (χ0) is 11.4. The van der Waals surface area contributed by atoms with Gasteiger partial charge in [0.15, 0.2) is 0 Å². The summed E-state index contributed by atoms with van der Waals surface area (Å²) in [5.74, 6) is 1.18. The number of hydrogen-bond acceptors (Lipinski definition) is 2. The average molecular weight is 256 g/mol. The minimum atomic E-state index is 0.489. The predicted molar refractivity (Wildman–Crippen MR) is 72.4 cm³/mol. The molecule has 1 aliphatic rings. The molecule has 0 aliphatic carbocycles. The molecule has 1 heterocycles. The van der Waals surface area contributed by atoms with E-state index in [2.05, 4.69) is 24.4 Å². The van der Waals surface area contributed by atoms with Gasteiger partial charge in [0, 0.05) is 10.9 Å². The van der Waals surface area contributed by atoms with Gasteiger partial charge in [-0.05, 0) is 43.2 Å². The fourth-order valence-electron chi connectivity index (χ4n) is 2.10. The third-order valence-electron chi connectivity index (χ3n) is 2.90. The lowest BCUT2D eigenvalue weighted by molar-refractivity contribution is 0.493. The molecule has 0 amide bonds. The Bertz CT molecular complexity index is 354. The summed E-state index contributed by atoms with van der Waals surface area (Å²) < 4.78 is 0. The van der Waals surface area contributed by atoms with E-state index in [1.165, 1.54) is 35.5 Å². The Morgan fingerprint density at radius 2 is 2.38 bits per heavy atom. The van der Waals surface area contributed by atoms with Crippen LogP contribution >= 0.6 is 23.4 Å². The van der Waals surface area contributed by atoms with Crippen LogP contribution in [0.5, 0.6) is 0 Å². The third-order valence-corrected chi connectivity index (χ3v) is 4.56. The molecule has 1 atom stereocenters. The minimum absolute atomic E-state index is 0.489. The zero-order valence-corrected chi connectivity index (χ0v) is 11.2. The van der Waals surface area contributed by atoms with E-state index < -0.39 is 0 Å². The largest absolute Gasteiger partial charge is 0.310 e. The molecule has 0 spiro atoms. The fraction of sp³-hybridized carbons (Fsp3) is 0.538. The average Bonchev–Trinajstić information content (AvgIpc) is 2.50. The van der Waals surface area contributed by atoms with Crippen molar-refractivity contribution in [1.82, 2.24) is 5.32 Å². The van der Waals surface area contributed by atoms with Crippen molar-refractivity contribution in [1.29, 1.82) is 0 Å². The topological polar surface area (TPSA) is 12.0 Å². The summed E-state index contributed by atoms with van der Waals surface area (Å²) in [7, 11) is 0. The summed E-state index contributed by atoms with van der Waals surface area (Å²) in [6.45, 7) is 3.29. The SMILES string of the molecule is CCCNC1CCCSc2c(Cl)cccc21. The molecule has 88 valence electrons. The van der Waals surface area contributed by atoms with Crippen LogP contribution in [0.4, 0.5) is 0 Å². The van der Waals surface area contributed by atoms with Crippen molar-refractivity contribution >= 4 is 23.4 Å². The van der Waals surface area contributed by atoms with Crippen molar-refractivity contribution in [3.8, 4) is 0 Å². The van der Waals surface area contributed by atoms with Gasteiger partial charge in [0.25, 0.3) is 0 Å². The Kier molecular flexibility index (Phi) is 4.56. The second kappa shape index (κ2) is 5.95. The second-order valence-electron chi connectivity index (χ2n) is 4.16. The predicted octanol–water partition coefficient (Wildman–Crippen LogP) is 4.27. The highest BCUT2D eigenvalue weighted by atomic mass is 35.5. The molecule has 0 saturated carbocycles. The number of fused-ring (bicyclic) bond motifs is 1. The van der Waals surface area contributed by atoms with Gasteiger partial charge >= 0.3 is 0 Å². The molecule has 0 fully saturated rings. The number of rotatable bonds is 3. The van der Waals surface area contributed by atoms with E-state index in [1.54, 1.807) is 0 Å². The first-order valence-electron chi connectivity index (χ1n) is 5.97.